The lowest BCUT2D eigenvalue weighted by molar-refractivity contribution is -0.0422. The van der Waals surface area contributed by atoms with Gasteiger partial charge in [-0.2, -0.15) is 0 Å². The predicted molar refractivity (Wildman–Crippen MR) is 98.0 cm³/mol. The van der Waals surface area contributed by atoms with Crippen molar-refractivity contribution in [3.05, 3.63) is 35.9 Å². The summed E-state index contributed by atoms with van der Waals surface area (Å²) >= 11 is 0. The molecule has 1 saturated heterocycles. The van der Waals surface area contributed by atoms with Gasteiger partial charge >= 0.3 is 6.09 Å². The normalized spacial score (nSPS) is 21.6. The maximum absolute atomic E-state index is 12.6. The summed E-state index contributed by atoms with van der Waals surface area (Å²) in [6, 6.07) is 10.7. The van der Waals surface area contributed by atoms with Crippen LogP contribution in [0.25, 0.3) is 0 Å². The van der Waals surface area contributed by atoms with Crippen molar-refractivity contribution in [1.82, 2.24) is 9.80 Å². The molecule has 134 valence electrons. The Kier molecular flexibility index (Phi) is 5.59. The van der Waals surface area contributed by atoms with Gasteiger partial charge in [-0.15, -0.1) is 0 Å². The van der Waals surface area contributed by atoms with E-state index in [4.69, 9.17) is 4.74 Å². The molecule has 0 saturated carbocycles. The van der Waals surface area contributed by atoms with Crippen LogP contribution >= 0.6 is 0 Å². The number of hydrogen-bond donors (Lipinski definition) is 0. The number of benzene rings is 1. The molecule has 1 atom stereocenters. The molecule has 0 N–H and O–H groups in total. The minimum atomic E-state index is -0.458. The fraction of sp³-hybridized carbons (Fsp3) is 0.650. The van der Waals surface area contributed by atoms with Gasteiger partial charge in [-0.3, -0.25) is 4.90 Å². The Morgan fingerprint density at radius 2 is 1.88 bits per heavy atom. The molecule has 1 fully saturated rings. The van der Waals surface area contributed by atoms with E-state index in [-0.39, 0.29) is 17.7 Å². The number of hydrogen-bond acceptors (Lipinski definition) is 3. The first-order valence-electron chi connectivity index (χ1n) is 8.91. The van der Waals surface area contributed by atoms with Crippen LogP contribution < -0.4 is 0 Å². The fourth-order valence-corrected chi connectivity index (χ4v) is 3.21. The van der Waals surface area contributed by atoms with Crippen LogP contribution in [0.1, 0.15) is 53.5 Å². The molecule has 1 aliphatic rings. The van der Waals surface area contributed by atoms with E-state index in [0.29, 0.717) is 6.54 Å². The van der Waals surface area contributed by atoms with Crippen molar-refractivity contribution in [2.75, 3.05) is 13.1 Å². The summed E-state index contributed by atoms with van der Waals surface area (Å²) in [5, 5.41) is 0. The molecule has 4 nitrogen and oxygen atoms in total. The van der Waals surface area contributed by atoms with Gasteiger partial charge in [0.25, 0.3) is 0 Å². The highest BCUT2D eigenvalue weighted by molar-refractivity contribution is 5.69. The zero-order valence-corrected chi connectivity index (χ0v) is 16.0. The first-order chi connectivity index (χ1) is 11.1. The number of rotatable bonds is 3. The molecule has 0 bridgehead atoms. The standard InChI is InChI=1S/C20H32N2O2/c1-7-17-14-21(13-16-11-9-8-10-12-16)20(5,6)15-22(17)18(23)24-19(2,3)4/h8-12,17H,7,13-15H2,1-6H3. The highest BCUT2D eigenvalue weighted by Gasteiger charge is 2.41. The van der Waals surface area contributed by atoms with Crippen LogP contribution in [0.3, 0.4) is 0 Å². The zero-order valence-electron chi connectivity index (χ0n) is 16.0. The van der Waals surface area contributed by atoms with Crippen LogP contribution in [0.2, 0.25) is 0 Å². The lowest BCUT2D eigenvalue weighted by Crippen LogP contribution is -2.64. The smallest absolute Gasteiger partial charge is 0.410 e. The van der Waals surface area contributed by atoms with Gasteiger partial charge in [0, 0.05) is 31.2 Å². The van der Waals surface area contributed by atoms with Crippen molar-refractivity contribution in [1.29, 1.82) is 0 Å². The lowest BCUT2D eigenvalue weighted by Gasteiger charge is -2.51. The number of carbonyl (C=O) groups excluding carboxylic acids is 1. The van der Waals surface area contributed by atoms with Gasteiger partial charge in [-0.1, -0.05) is 37.3 Å². The topological polar surface area (TPSA) is 32.8 Å². The van der Waals surface area contributed by atoms with Crippen LogP contribution in [0.15, 0.2) is 30.3 Å². The first kappa shape index (κ1) is 18.8. The van der Waals surface area contributed by atoms with Crippen LogP contribution in [-0.2, 0) is 11.3 Å². The van der Waals surface area contributed by atoms with Crippen molar-refractivity contribution in [2.24, 2.45) is 0 Å². The van der Waals surface area contributed by atoms with E-state index in [0.717, 1.165) is 19.5 Å². The molecule has 1 aromatic carbocycles. The van der Waals surface area contributed by atoms with Crippen molar-refractivity contribution < 1.29 is 9.53 Å². The molecule has 24 heavy (non-hydrogen) atoms. The second kappa shape index (κ2) is 7.14. The van der Waals surface area contributed by atoms with E-state index < -0.39 is 5.60 Å². The van der Waals surface area contributed by atoms with E-state index >= 15 is 0 Å². The van der Waals surface area contributed by atoms with Gasteiger partial charge in [0.15, 0.2) is 0 Å². The molecule has 2 rings (SSSR count). The molecule has 0 aliphatic carbocycles. The van der Waals surface area contributed by atoms with E-state index in [1.807, 2.05) is 31.7 Å². The summed E-state index contributed by atoms with van der Waals surface area (Å²) in [6.07, 6.45) is 0.738. The molecule has 1 unspecified atom stereocenters. The summed E-state index contributed by atoms with van der Waals surface area (Å²) in [5.74, 6) is 0. The highest BCUT2D eigenvalue weighted by atomic mass is 16.6. The Morgan fingerprint density at radius 1 is 1.25 bits per heavy atom. The number of piperazine rings is 1. The summed E-state index contributed by atoms with van der Waals surface area (Å²) in [5.41, 5.74) is 0.769. The van der Waals surface area contributed by atoms with E-state index in [9.17, 15) is 4.79 Å². The molecule has 1 amide bonds. The Bertz CT molecular complexity index is 549. The summed E-state index contributed by atoms with van der Waals surface area (Å²) in [6.45, 7) is 14.8. The van der Waals surface area contributed by atoms with Crippen molar-refractivity contribution in [3.63, 3.8) is 0 Å². The minimum absolute atomic E-state index is 0.0849. The fourth-order valence-electron chi connectivity index (χ4n) is 3.21. The third kappa shape index (κ3) is 4.73. The Morgan fingerprint density at radius 3 is 2.42 bits per heavy atom. The third-order valence-electron chi connectivity index (χ3n) is 4.60. The second-order valence-electron chi connectivity index (χ2n) is 8.35. The first-order valence-corrected chi connectivity index (χ1v) is 8.91. The van der Waals surface area contributed by atoms with Crippen LogP contribution in [0.5, 0.6) is 0 Å². The molecule has 1 heterocycles. The number of nitrogens with zero attached hydrogens (tertiary/aromatic N) is 2. The third-order valence-corrected chi connectivity index (χ3v) is 4.60. The number of carbonyl (C=O) groups is 1. The van der Waals surface area contributed by atoms with E-state index in [1.54, 1.807) is 0 Å². The molecule has 0 spiro atoms. The Balaban J connectivity index is 2.13. The van der Waals surface area contributed by atoms with Gasteiger partial charge in [-0.05, 0) is 46.6 Å². The van der Waals surface area contributed by atoms with E-state index in [1.165, 1.54) is 5.56 Å². The van der Waals surface area contributed by atoms with Crippen LogP contribution in [0, 0.1) is 0 Å². The summed E-state index contributed by atoms with van der Waals surface area (Å²) in [4.78, 5) is 17.0. The Labute approximate surface area is 146 Å². The lowest BCUT2D eigenvalue weighted by atomic mass is 9.94. The SMILES string of the molecule is CCC1CN(Cc2ccccc2)C(C)(C)CN1C(=O)OC(C)(C)C. The van der Waals surface area contributed by atoms with Gasteiger partial charge in [0.2, 0.25) is 0 Å². The van der Waals surface area contributed by atoms with Gasteiger partial charge in [-0.25, -0.2) is 4.79 Å². The number of amides is 1. The van der Waals surface area contributed by atoms with Crippen LogP contribution in [0.4, 0.5) is 4.79 Å². The quantitative estimate of drug-likeness (QED) is 0.827. The van der Waals surface area contributed by atoms with E-state index in [2.05, 4.69) is 49.9 Å². The summed E-state index contributed by atoms with van der Waals surface area (Å²) < 4.78 is 5.62. The maximum atomic E-state index is 12.6. The minimum Gasteiger partial charge on any atom is -0.444 e. The average Bonchev–Trinajstić information content (AvgIpc) is 2.48. The molecular weight excluding hydrogens is 300 g/mol. The van der Waals surface area contributed by atoms with Gasteiger partial charge < -0.3 is 9.64 Å². The molecule has 0 aromatic heterocycles. The molecule has 1 aliphatic heterocycles. The molecule has 0 radical (unpaired) electrons. The zero-order chi connectivity index (χ0) is 18.0. The number of ether oxygens (including phenoxy) is 1. The van der Waals surface area contributed by atoms with Crippen molar-refractivity contribution in [2.45, 2.75) is 71.7 Å². The average molecular weight is 332 g/mol. The second-order valence-corrected chi connectivity index (χ2v) is 8.35. The molecule has 1 aromatic rings. The van der Waals surface area contributed by atoms with Gasteiger partial charge in [0.1, 0.15) is 5.60 Å². The highest BCUT2D eigenvalue weighted by Crippen LogP contribution is 2.29. The summed E-state index contributed by atoms with van der Waals surface area (Å²) in [7, 11) is 0. The monoisotopic (exact) mass is 332 g/mol. The largest absolute Gasteiger partial charge is 0.444 e. The van der Waals surface area contributed by atoms with Crippen molar-refractivity contribution >= 4 is 6.09 Å². The van der Waals surface area contributed by atoms with Gasteiger partial charge in [0.05, 0.1) is 0 Å². The van der Waals surface area contributed by atoms with Crippen LogP contribution in [-0.4, -0.2) is 46.2 Å². The Hall–Kier alpha value is -1.55. The maximum Gasteiger partial charge on any atom is 0.410 e. The molecule has 4 heteroatoms. The van der Waals surface area contributed by atoms with Crippen molar-refractivity contribution in [3.8, 4) is 0 Å². The molecular formula is C20H32N2O2. The predicted octanol–water partition coefficient (Wildman–Crippen LogP) is 4.30.